The van der Waals surface area contributed by atoms with Gasteiger partial charge in [0.15, 0.2) is 0 Å². The minimum Gasteiger partial charge on any atom is -0.197 e. The van der Waals surface area contributed by atoms with Gasteiger partial charge in [-0.15, -0.1) is 0 Å². The zero-order chi connectivity index (χ0) is 14.8. The molecular weight excluding hydrogens is 282 g/mol. The van der Waals surface area contributed by atoms with E-state index >= 15 is 0 Å². The normalized spacial score (nSPS) is 11.2. The highest BCUT2D eigenvalue weighted by Crippen LogP contribution is 2.37. The Labute approximate surface area is 129 Å². The van der Waals surface area contributed by atoms with Gasteiger partial charge in [-0.3, -0.25) is 0 Å². The molecule has 0 saturated heterocycles. The molecule has 3 rings (SSSR count). The lowest BCUT2D eigenvalue weighted by molar-refractivity contribution is 0.796. The van der Waals surface area contributed by atoms with Gasteiger partial charge in [-0.25, -0.2) is 0 Å². The van der Waals surface area contributed by atoms with Crippen molar-refractivity contribution in [1.82, 2.24) is 15.4 Å². The first-order chi connectivity index (χ1) is 10.2. The van der Waals surface area contributed by atoms with Gasteiger partial charge in [-0.1, -0.05) is 54.8 Å². The summed E-state index contributed by atoms with van der Waals surface area (Å²) in [4.78, 5) is 0. The van der Waals surface area contributed by atoms with E-state index in [9.17, 15) is 0 Å². The van der Waals surface area contributed by atoms with Crippen LogP contribution >= 0.6 is 11.6 Å². The van der Waals surface area contributed by atoms with Crippen molar-refractivity contribution in [2.45, 2.75) is 33.1 Å². The number of unbranched alkanes of at least 4 members (excludes halogenated alkanes) is 1. The second-order valence-electron chi connectivity index (χ2n) is 5.39. The number of nitrogens with zero attached hydrogens (tertiary/aromatic N) is 2. The lowest BCUT2D eigenvalue weighted by atomic mass is 9.97. The number of H-pyrrole nitrogens is 1. The number of hydrogen-bond donors (Lipinski definition) is 1. The van der Waals surface area contributed by atoms with Crippen LogP contribution < -0.4 is 0 Å². The summed E-state index contributed by atoms with van der Waals surface area (Å²) in [6.45, 7) is 4.27. The van der Waals surface area contributed by atoms with Crippen molar-refractivity contribution >= 4 is 22.6 Å². The molecule has 0 saturated carbocycles. The molecule has 1 aromatic heterocycles. The van der Waals surface area contributed by atoms with Crippen LogP contribution in [0.25, 0.3) is 22.2 Å². The molecule has 0 radical (unpaired) electrons. The zero-order valence-corrected chi connectivity index (χ0v) is 13.0. The largest absolute Gasteiger partial charge is 0.197 e. The predicted molar refractivity (Wildman–Crippen MR) is 87.7 cm³/mol. The van der Waals surface area contributed by atoms with Gasteiger partial charge < -0.3 is 0 Å². The number of nitrogens with one attached hydrogen (secondary N) is 1. The first-order valence-corrected chi connectivity index (χ1v) is 7.67. The summed E-state index contributed by atoms with van der Waals surface area (Å²) in [5.74, 6) is 0. The quantitative estimate of drug-likeness (QED) is 0.742. The average molecular weight is 300 g/mol. The Morgan fingerprint density at radius 3 is 2.81 bits per heavy atom. The number of benzene rings is 2. The molecule has 0 unspecified atom stereocenters. The number of aromatic nitrogens is 3. The van der Waals surface area contributed by atoms with E-state index in [0.29, 0.717) is 0 Å². The molecule has 0 amide bonds. The van der Waals surface area contributed by atoms with E-state index in [2.05, 4.69) is 53.5 Å². The van der Waals surface area contributed by atoms with Crippen molar-refractivity contribution in [2.75, 3.05) is 0 Å². The first kappa shape index (κ1) is 14.1. The highest BCUT2D eigenvalue weighted by Gasteiger charge is 2.16. The van der Waals surface area contributed by atoms with Gasteiger partial charge in [-0.2, -0.15) is 15.4 Å². The van der Waals surface area contributed by atoms with E-state index < -0.39 is 0 Å². The molecule has 4 heteroatoms. The molecule has 0 spiro atoms. The molecule has 1 heterocycles. The predicted octanol–water partition coefficient (Wildman–Crippen LogP) is 4.93. The fraction of sp³-hybridized carbons (Fsp3) is 0.294. The van der Waals surface area contributed by atoms with Crippen LogP contribution in [0.3, 0.4) is 0 Å². The van der Waals surface area contributed by atoms with Crippen LogP contribution in [-0.2, 0) is 6.42 Å². The van der Waals surface area contributed by atoms with Crippen molar-refractivity contribution in [3.8, 4) is 11.1 Å². The number of fused-ring (bicyclic) bond motifs is 1. The standard InChI is InChI=1S/C17H18ClN3/c1-3-4-7-13-10-14-17(20-21-19-14)15(16(13)18)12-8-5-6-11(2)9-12/h5-6,8-10H,3-4,7H2,1-2H3,(H,19,20,21). The summed E-state index contributed by atoms with van der Waals surface area (Å²) in [6.07, 6.45) is 3.24. The lowest BCUT2D eigenvalue weighted by Crippen LogP contribution is -1.92. The Hall–Kier alpha value is -1.87. The number of halogens is 1. The van der Waals surface area contributed by atoms with E-state index in [1.807, 2.05) is 6.07 Å². The van der Waals surface area contributed by atoms with E-state index in [1.165, 1.54) is 5.56 Å². The Kier molecular flexibility index (Phi) is 3.93. The van der Waals surface area contributed by atoms with Crippen LogP contribution in [0.1, 0.15) is 30.9 Å². The van der Waals surface area contributed by atoms with Crippen LogP contribution in [0, 0.1) is 6.92 Å². The van der Waals surface area contributed by atoms with Crippen molar-refractivity contribution in [1.29, 1.82) is 0 Å². The lowest BCUT2D eigenvalue weighted by Gasteiger charge is -2.11. The maximum atomic E-state index is 6.69. The summed E-state index contributed by atoms with van der Waals surface area (Å²) in [7, 11) is 0. The summed E-state index contributed by atoms with van der Waals surface area (Å²) in [5.41, 5.74) is 6.15. The molecule has 0 aliphatic rings. The van der Waals surface area contributed by atoms with Crippen LogP contribution in [0.2, 0.25) is 5.02 Å². The number of hydrogen-bond acceptors (Lipinski definition) is 2. The van der Waals surface area contributed by atoms with Gasteiger partial charge in [-0.05, 0) is 37.0 Å². The summed E-state index contributed by atoms with van der Waals surface area (Å²) in [6, 6.07) is 10.4. The summed E-state index contributed by atoms with van der Waals surface area (Å²) in [5, 5.41) is 12.0. The van der Waals surface area contributed by atoms with E-state index in [4.69, 9.17) is 11.6 Å². The van der Waals surface area contributed by atoms with Gasteiger partial charge in [0.2, 0.25) is 0 Å². The van der Waals surface area contributed by atoms with Crippen molar-refractivity contribution < 1.29 is 0 Å². The van der Waals surface area contributed by atoms with Crippen LogP contribution in [-0.4, -0.2) is 15.4 Å². The number of aromatic amines is 1. The first-order valence-electron chi connectivity index (χ1n) is 7.29. The Balaban J connectivity index is 2.24. The van der Waals surface area contributed by atoms with Gasteiger partial charge in [0.05, 0.1) is 5.02 Å². The smallest absolute Gasteiger partial charge is 0.122 e. The molecule has 0 atom stereocenters. The average Bonchev–Trinajstić information content (AvgIpc) is 2.92. The van der Waals surface area contributed by atoms with Gasteiger partial charge in [0, 0.05) is 5.56 Å². The number of aryl methyl sites for hydroxylation is 2. The van der Waals surface area contributed by atoms with Gasteiger partial charge in [0.1, 0.15) is 11.0 Å². The third kappa shape index (κ3) is 2.66. The highest BCUT2D eigenvalue weighted by atomic mass is 35.5. The molecule has 0 bridgehead atoms. The second kappa shape index (κ2) is 5.86. The Morgan fingerprint density at radius 1 is 1.19 bits per heavy atom. The monoisotopic (exact) mass is 299 g/mol. The Morgan fingerprint density at radius 2 is 2.05 bits per heavy atom. The van der Waals surface area contributed by atoms with Crippen molar-refractivity contribution in [2.24, 2.45) is 0 Å². The fourth-order valence-corrected chi connectivity index (χ4v) is 2.98. The SMILES string of the molecule is CCCCc1cc2n[nH]nc2c(-c2cccc(C)c2)c1Cl. The third-order valence-corrected chi connectivity index (χ3v) is 4.16. The number of rotatable bonds is 4. The van der Waals surface area contributed by atoms with Crippen molar-refractivity contribution in [3.63, 3.8) is 0 Å². The van der Waals surface area contributed by atoms with Crippen molar-refractivity contribution in [3.05, 3.63) is 46.5 Å². The van der Waals surface area contributed by atoms with E-state index in [-0.39, 0.29) is 0 Å². The van der Waals surface area contributed by atoms with E-state index in [0.717, 1.165) is 52.0 Å². The van der Waals surface area contributed by atoms with Crippen LogP contribution in [0.5, 0.6) is 0 Å². The molecule has 21 heavy (non-hydrogen) atoms. The van der Waals surface area contributed by atoms with Gasteiger partial charge in [0.25, 0.3) is 0 Å². The molecule has 1 N–H and O–H groups in total. The molecular formula is C17H18ClN3. The Bertz CT molecular complexity index is 777. The molecule has 108 valence electrons. The van der Waals surface area contributed by atoms with Crippen LogP contribution in [0.4, 0.5) is 0 Å². The fourth-order valence-electron chi connectivity index (χ4n) is 2.63. The minimum absolute atomic E-state index is 0.801. The van der Waals surface area contributed by atoms with Crippen LogP contribution in [0.15, 0.2) is 30.3 Å². The van der Waals surface area contributed by atoms with E-state index in [1.54, 1.807) is 0 Å². The molecule has 2 aromatic carbocycles. The molecule has 0 aliphatic carbocycles. The molecule has 3 aromatic rings. The summed E-state index contributed by atoms with van der Waals surface area (Å²) < 4.78 is 0. The molecule has 0 fully saturated rings. The van der Waals surface area contributed by atoms with Gasteiger partial charge >= 0.3 is 0 Å². The summed E-state index contributed by atoms with van der Waals surface area (Å²) >= 11 is 6.69. The maximum Gasteiger partial charge on any atom is 0.122 e. The molecule has 0 aliphatic heterocycles. The minimum atomic E-state index is 0.801. The second-order valence-corrected chi connectivity index (χ2v) is 5.77. The molecule has 3 nitrogen and oxygen atoms in total. The maximum absolute atomic E-state index is 6.69. The zero-order valence-electron chi connectivity index (χ0n) is 12.3. The topological polar surface area (TPSA) is 41.6 Å². The highest BCUT2D eigenvalue weighted by molar-refractivity contribution is 6.35. The third-order valence-electron chi connectivity index (χ3n) is 3.73.